The van der Waals surface area contributed by atoms with Crippen molar-refractivity contribution >= 4 is 17.2 Å². The maximum absolute atomic E-state index is 12.1. The molecule has 1 unspecified atom stereocenters. The Labute approximate surface area is 156 Å². The van der Waals surface area contributed by atoms with E-state index in [1.807, 2.05) is 35.3 Å². The van der Waals surface area contributed by atoms with Gasteiger partial charge in [0.15, 0.2) is 0 Å². The summed E-state index contributed by atoms with van der Waals surface area (Å²) in [5, 5.41) is 11.3. The Morgan fingerprint density at radius 1 is 1.31 bits per heavy atom. The van der Waals surface area contributed by atoms with E-state index in [0.29, 0.717) is 6.54 Å². The first-order valence-electron chi connectivity index (χ1n) is 8.73. The molecule has 1 aliphatic rings. The molecule has 1 aliphatic heterocycles. The van der Waals surface area contributed by atoms with Gasteiger partial charge < -0.3 is 5.32 Å². The van der Waals surface area contributed by atoms with E-state index in [2.05, 4.69) is 37.1 Å². The minimum absolute atomic E-state index is 0.00466. The number of hydrogen-bond acceptors (Lipinski definition) is 5. The fourth-order valence-corrected chi connectivity index (χ4v) is 4.03. The summed E-state index contributed by atoms with van der Waals surface area (Å²) in [4.78, 5) is 18.7. The predicted molar refractivity (Wildman–Crippen MR) is 101 cm³/mol. The SMILES string of the molecule is O=C(NCCC1CN(Cc2cccnc2)Cc2ccnn21)c1ccsc1. The minimum atomic E-state index is -0.00466. The molecular weight excluding hydrogens is 346 g/mol. The van der Waals surface area contributed by atoms with Gasteiger partial charge in [-0.3, -0.25) is 19.4 Å². The zero-order valence-corrected chi connectivity index (χ0v) is 15.2. The Balaban J connectivity index is 1.38. The van der Waals surface area contributed by atoms with Crippen LogP contribution in [0, 0.1) is 0 Å². The van der Waals surface area contributed by atoms with Crippen LogP contribution in [0.15, 0.2) is 53.6 Å². The van der Waals surface area contributed by atoms with E-state index in [1.165, 1.54) is 22.6 Å². The summed E-state index contributed by atoms with van der Waals surface area (Å²) in [7, 11) is 0. The molecule has 26 heavy (non-hydrogen) atoms. The van der Waals surface area contributed by atoms with E-state index in [0.717, 1.165) is 31.6 Å². The van der Waals surface area contributed by atoms with Crippen molar-refractivity contribution in [3.05, 3.63) is 70.4 Å². The number of aromatic nitrogens is 3. The molecule has 0 radical (unpaired) electrons. The molecule has 1 atom stereocenters. The largest absolute Gasteiger partial charge is 0.352 e. The number of thiophene rings is 1. The van der Waals surface area contributed by atoms with E-state index in [-0.39, 0.29) is 11.9 Å². The van der Waals surface area contributed by atoms with Crippen LogP contribution < -0.4 is 5.32 Å². The molecule has 0 aliphatic carbocycles. The highest BCUT2D eigenvalue weighted by Gasteiger charge is 2.25. The number of nitrogens with zero attached hydrogens (tertiary/aromatic N) is 4. The van der Waals surface area contributed by atoms with Gasteiger partial charge in [0.25, 0.3) is 5.91 Å². The van der Waals surface area contributed by atoms with Gasteiger partial charge in [-0.05, 0) is 35.6 Å². The highest BCUT2D eigenvalue weighted by Crippen LogP contribution is 2.24. The highest BCUT2D eigenvalue weighted by molar-refractivity contribution is 7.08. The molecule has 0 spiro atoms. The number of pyridine rings is 1. The molecular formula is C19H21N5OS. The van der Waals surface area contributed by atoms with Gasteiger partial charge in [0.05, 0.1) is 11.7 Å². The predicted octanol–water partition coefficient (Wildman–Crippen LogP) is 2.72. The summed E-state index contributed by atoms with van der Waals surface area (Å²) in [5.74, 6) is -0.00466. The number of nitrogens with one attached hydrogen (secondary N) is 1. The van der Waals surface area contributed by atoms with Crippen LogP contribution in [0.3, 0.4) is 0 Å². The lowest BCUT2D eigenvalue weighted by atomic mass is 10.1. The lowest BCUT2D eigenvalue weighted by Gasteiger charge is -2.34. The summed E-state index contributed by atoms with van der Waals surface area (Å²) in [6, 6.07) is 8.26. The first kappa shape index (κ1) is 16.9. The van der Waals surface area contributed by atoms with Gasteiger partial charge in [-0.15, -0.1) is 0 Å². The number of carbonyl (C=O) groups excluding carboxylic acids is 1. The average Bonchev–Trinajstić information content (AvgIpc) is 3.34. The Morgan fingerprint density at radius 3 is 3.08 bits per heavy atom. The normalized spacial score (nSPS) is 17.0. The molecule has 0 aromatic carbocycles. The molecule has 4 heterocycles. The number of carbonyl (C=O) groups is 1. The third-order valence-corrected chi connectivity index (χ3v) is 5.31. The van der Waals surface area contributed by atoms with Crippen LogP contribution in [0.25, 0.3) is 0 Å². The molecule has 3 aromatic heterocycles. The Kier molecular flexibility index (Phi) is 5.08. The Morgan fingerprint density at radius 2 is 2.27 bits per heavy atom. The van der Waals surface area contributed by atoms with Crippen molar-refractivity contribution < 1.29 is 4.79 Å². The van der Waals surface area contributed by atoms with Crippen molar-refractivity contribution in [3.63, 3.8) is 0 Å². The second-order valence-corrected chi connectivity index (χ2v) is 7.29. The Hall–Kier alpha value is -2.51. The monoisotopic (exact) mass is 367 g/mol. The van der Waals surface area contributed by atoms with Crippen LogP contribution in [0.1, 0.15) is 34.1 Å². The number of fused-ring (bicyclic) bond motifs is 1. The smallest absolute Gasteiger partial charge is 0.252 e. The summed E-state index contributed by atoms with van der Waals surface area (Å²) in [6.45, 7) is 3.31. The quantitative estimate of drug-likeness (QED) is 0.728. The summed E-state index contributed by atoms with van der Waals surface area (Å²) < 4.78 is 2.11. The number of rotatable bonds is 6. The molecule has 0 saturated heterocycles. The maximum atomic E-state index is 12.1. The van der Waals surface area contributed by atoms with Gasteiger partial charge in [0, 0.05) is 55.7 Å². The van der Waals surface area contributed by atoms with Crippen molar-refractivity contribution in [1.82, 2.24) is 25.0 Å². The second kappa shape index (κ2) is 7.80. The molecule has 7 heteroatoms. The van der Waals surface area contributed by atoms with Gasteiger partial charge in [-0.2, -0.15) is 16.4 Å². The van der Waals surface area contributed by atoms with Gasteiger partial charge in [-0.1, -0.05) is 6.07 Å². The maximum Gasteiger partial charge on any atom is 0.252 e. The van der Waals surface area contributed by atoms with E-state index in [1.54, 1.807) is 6.20 Å². The zero-order chi connectivity index (χ0) is 17.8. The topological polar surface area (TPSA) is 63.1 Å². The fourth-order valence-electron chi connectivity index (χ4n) is 3.40. The minimum Gasteiger partial charge on any atom is -0.352 e. The van der Waals surface area contributed by atoms with Gasteiger partial charge in [0.2, 0.25) is 0 Å². The van der Waals surface area contributed by atoms with Gasteiger partial charge in [0.1, 0.15) is 0 Å². The number of hydrogen-bond donors (Lipinski definition) is 1. The van der Waals surface area contributed by atoms with Crippen molar-refractivity contribution in [2.45, 2.75) is 25.6 Å². The van der Waals surface area contributed by atoms with Crippen LogP contribution in [0.2, 0.25) is 0 Å². The molecule has 0 fully saturated rings. The van der Waals surface area contributed by atoms with Gasteiger partial charge in [-0.25, -0.2) is 0 Å². The summed E-state index contributed by atoms with van der Waals surface area (Å²) in [6.07, 6.45) is 6.43. The molecule has 6 nitrogen and oxygen atoms in total. The molecule has 1 amide bonds. The molecule has 0 saturated carbocycles. The zero-order valence-electron chi connectivity index (χ0n) is 14.4. The van der Waals surface area contributed by atoms with Crippen LogP contribution in [-0.4, -0.2) is 38.7 Å². The Bertz CT molecular complexity index is 846. The van der Waals surface area contributed by atoms with Crippen molar-refractivity contribution in [1.29, 1.82) is 0 Å². The molecule has 0 bridgehead atoms. The second-order valence-electron chi connectivity index (χ2n) is 6.51. The average molecular weight is 367 g/mol. The highest BCUT2D eigenvalue weighted by atomic mass is 32.1. The van der Waals surface area contributed by atoms with Crippen LogP contribution in [0.4, 0.5) is 0 Å². The molecule has 3 aromatic rings. The molecule has 1 N–H and O–H groups in total. The van der Waals surface area contributed by atoms with E-state index in [4.69, 9.17) is 0 Å². The first-order valence-corrected chi connectivity index (χ1v) is 9.68. The van der Waals surface area contributed by atoms with Crippen molar-refractivity contribution in [2.75, 3.05) is 13.1 Å². The summed E-state index contributed by atoms with van der Waals surface area (Å²) >= 11 is 1.54. The van der Waals surface area contributed by atoms with E-state index < -0.39 is 0 Å². The third kappa shape index (κ3) is 3.84. The van der Waals surface area contributed by atoms with E-state index >= 15 is 0 Å². The summed E-state index contributed by atoms with van der Waals surface area (Å²) in [5.41, 5.74) is 3.16. The lowest BCUT2D eigenvalue weighted by molar-refractivity contribution is 0.0947. The van der Waals surface area contributed by atoms with E-state index in [9.17, 15) is 4.79 Å². The van der Waals surface area contributed by atoms with Crippen LogP contribution in [0.5, 0.6) is 0 Å². The third-order valence-electron chi connectivity index (χ3n) is 4.63. The number of amides is 1. The lowest BCUT2D eigenvalue weighted by Crippen LogP contribution is -2.38. The van der Waals surface area contributed by atoms with Crippen LogP contribution >= 0.6 is 11.3 Å². The fraction of sp³-hybridized carbons (Fsp3) is 0.316. The van der Waals surface area contributed by atoms with Gasteiger partial charge >= 0.3 is 0 Å². The standard InChI is InChI=1S/C19H21N5OS/c25-19(16-5-9-26-14-16)21-7-3-17-12-23(11-15-2-1-6-20-10-15)13-18-4-8-22-24(17)18/h1-2,4-6,8-10,14,17H,3,7,11-13H2,(H,21,25). The van der Waals surface area contributed by atoms with Crippen molar-refractivity contribution in [3.8, 4) is 0 Å². The van der Waals surface area contributed by atoms with Crippen molar-refractivity contribution in [2.24, 2.45) is 0 Å². The van der Waals surface area contributed by atoms with Crippen LogP contribution in [-0.2, 0) is 13.1 Å². The molecule has 134 valence electrons. The molecule has 4 rings (SSSR count). The first-order chi connectivity index (χ1) is 12.8.